The maximum absolute atomic E-state index is 13.4. The van der Waals surface area contributed by atoms with Gasteiger partial charge in [-0.3, -0.25) is 4.79 Å². The van der Waals surface area contributed by atoms with Crippen LogP contribution in [0, 0.1) is 5.82 Å². The van der Waals surface area contributed by atoms with Gasteiger partial charge in [0.2, 0.25) is 5.71 Å². The van der Waals surface area contributed by atoms with Crippen molar-refractivity contribution in [2.75, 3.05) is 7.05 Å². The molecule has 0 atom stereocenters. The lowest BCUT2D eigenvalue weighted by Gasteiger charge is -2.10. The van der Waals surface area contributed by atoms with Gasteiger partial charge in [0.15, 0.2) is 0 Å². The minimum absolute atomic E-state index is 0.163. The fraction of sp³-hybridized carbons (Fsp3) is 0.160. The molecule has 2 heterocycles. The van der Waals surface area contributed by atoms with Crippen molar-refractivity contribution in [1.82, 2.24) is 10.3 Å². The molecule has 0 fully saturated rings. The molecular formula is C25H21FN2O4. The number of carboxylic acids is 1. The van der Waals surface area contributed by atoms with E-state index in [2.05, 4.69) is 10.3 Å². The van der Waals surface area contributed by atoms with Gasteiger partial charge in [-0.25, -0.2) is 14.2 Å². The number of nitrogens with zero attached hydrogens (tertiary/aromatic N) is 1. The van der Waals surface area contributed by atoms with Gasteiger partial charge in [0.05, 0.1) is 22.2 Å². The third-order valence-corrected chi connectivity index (χ3v) is 5.23. The molecule has 6 nitrogen and oxygen atoms in total. The molecule has 162 valence electrons. The van der Waals surface area contributed by atoms with Crippen LogP contribution in [0.1, 0.15) is 39.8 Å². The molecule has 1 amide bonds. The molecule has 0 saturated carbocycles. The first-order valence-corrected chi connectivity index (χ1v) is 10.2. The number of furan rings is 1. The zero-order chi connectivity index (χ0) is 22.8. The summed E-state index contributed by atoms with van der Waals surface area (Å²) >= 11 is 0. The molecular weight excluding hydrogens is 411 g/mol. The van der Waals surface area contributed by atoms with E-state index in [4.69, 9.17) is 4.42 Å². The minimum atomic E-state index is -1.02. The van der Waals surface area contributed by atoms with E-state index in [9.17, 15) is 19.1 Å². The number of aryl methyl sites for hydroxylation is 1. The van der Waals surface area contributed by atoms with Crippen LogP contribution in [-0.2, 0) is 6.42 Å². The van der Waals surface area contributed by atoms with Crippen LogP contribution in [0.2, 0.25) is 0 Å². The molecule has 0 radical (unpaired) electrons. The topological polar surface area (TPSA) is 92.4 Å². The van der Waals surface area contributed by atoms with E-state index in [-0.39, 0.29) is 11.5 Å². The average Bonchev–Trinajstić information content (AvgIpc) is 3.17. The molecule has 7 heteroatoms. The fourth-order valence-corrected chi connectivity index (χ4v) is 3.71. The van der Waals surface area contributed by atoms with Gasteiger partial charge < -0.3 is 14.8 Å². The van der Waals surface area contributed by atoms with Crippen molar-refractivity contribution < 1.29 is 23.5 Å². The molecule has 2 N–H and O–H groups in total. The molecule has 0 unspecified atom stereocenters. The lowest BCUT2D eigenvalue weighted by Crippen LogP contribution is -2.18. The predicted octanol–water partition coefficient (Wildman–Crippen LogP) is 5.31. The maximum Gasteiger partial charge on any atom is 0.335 e. The standard InChI is InChI=1S/C25H21FN2O4/c1-3-5-20-18(15-6-4-7-16(12-15)25(30)31)13-19-21(23(29)27-2)22(32-24(19)28-20)14-8-10-17(26)11-9-14/h4,6-13H,3,5H2,1-2H3,(H,27,29)(H,30,31). The molecule has 4 rings (SSSR count). The number of fused-ring (bicyclic) bond motifs is 1. The van der Waals surface area contributed by atoms with Crippen molar-refractivity contribution in [3.63, 3.8) is 0 Å². The first-order valence-electron chi connectivity index (χ1n) is 10.2. The molecule has 0 aliphatic carbocycles. The number of halogens is 1. The summed E-state index contributed by atoms with van der Waals surface area (Å²) < 4.78 is 19.4. The number of rotatable bonds is 6. The van der Waals surface area contributed by atoms with Crippen LogP contribution in [0.15, 0.2) is 59.0 Å². The minimum Gasteiger partial charge on any atom is -0.478 e. The number of hydrogen-bond acceptors (Lipinski definition) is 4. The van der Waals surface area contributed by atoms with Crippen LogP contribution in [-0.4, -0.2) is 29.0 Å². The van der Waals surface area contributed by atoms with E-state index >= 15 is 0 Å². The second kappa shape index (κ2) is 8.63. The van der Waals surface area contributed by atoms with Crippen LogP contribution in [0.3, 0.4) is 0 Å². The summed E-state index contributed by atoms with van der Waals surface area (Å²) in [5.74, 6) is -1.48. The first-order chi connectivity index (χ1) is 15.4. The Hall–Kier alpha value is -4.00. The summed E-state index contributed by atoms with van der Waals surface area (Å²) in [6.07, 6.45) is 1.46. The van der Waals surface area contributed by atoms with Gasteiger partial charge in [0.1, 0.15) is 11.6 Å². The lowest BCUT2D eigenvalue weighted by atomic mass is 9.97. The van der Waals surface area contributed by atoms with Crippen LogP contribution < -0.4 is 5.32 Å². The lowest BCUT2D eigenvalue weighted by molar-refractivity contribution is 0.0696. The molecule has 32 heavy (non-hydrogen) atoms. The van der Waals surface area contributed by atoms with Gasteiger partial charge in [-0.1, -0.05) is 25.5 Å². The summed E-state index contributed by atoms with van der Waals surface area (Å²) in [7, 11) is 1.52. The summed E-state index contributed by atoms with van der Waals surface area (Å²) in [5.41, 5.74) is 3.47. The van der Waals surface area contributed by atoms with Crippen molar-refractivity contribution in [3.05, 3.63) is 77.2 Å². The number of aromatic carboxylic acids is 1. The van der Waals surface area contributed by atoms with Gasteiger partial charge in [0, 0.05) is 18.2 Å². The largest absolute Gasteiger partial charge is 0.478 e. The number of hydrogen-bond donors (Lipinski definition) is 2. The highest BCUT2D eigenvalue weighted by Gasteiger charge is 2.24. The Labute approximate surface area is 183 Å². The maximum atomic E-state index is 13.4. The molecule has 4 aromatic rings. The first kappa shape index (κ1) is 21.2. The molecule has 0 spiro atoms. The van der Waals surface area contributed by atoms with Gasteiger partial charge in [-0.2, -0.15) is 0 Å². The number of benzene rings is 2. The van der Waals surface area contributed by atoms with Crippen molar-refractivity contribution >= 4 is 23.0 Å². The summed E-state index contributed by atoms with van der Waals surface area (Å²) in [4.78, 5) is 29.0. The van der Waals surface area contributed by atoms with Crippen molar-refractivity contribution in [1.29, 1.82) is 0 Å². The van der Waals surface area contributed by atoms with Crippen molar-refractivity contribution in [2.45, 2.75) is 19.8 Å². The number of pyridine rings is 1. The van der Waals surface area contributed by atoms with Crippen molar-refractivity contribution in [3.8, 4) is 22.5 Å². The molecule has 2 aromatic heterocycles. The Morgan fingerprint density at radius 2 is 1.84 bits per heavy atom. The highest BCUT2D eigenvalue weighted by atomic mass is 19.1. The van der Waals surface area contributed by atoms with E-state index in [1.165, 1.54) is 25.2 Å². The number of aromatic nitrogens is 1. The Kier molecular flexibility index (Phi) is 5.73. The highest BCUT2D eigenvalue weighted by Crippen LogP contribution is 2.36. The monoisotopic (exact) mass is 432 g/mol. The smallest absolute Gasteiger partial charge is 0.335 e. The normalized spacial score (nSPS) is 11.0. The number of carbonyl (C=O) groups excluding carboxylic acids is 1. The van der Waals surface area contributed by atoms with E-state index < -0.39 is 11.8 Å². The average molecular weight is 432 g/mol. The Bertz CT molecular complexity index is 1330. The zero-order valence-electron chi connectivity index (χ0n) is 17.6. The number of carboxylic acid groups (broad SMARTS) is 1. The van der Waals surface area contributed by atoms with Crippen LogP contribution in [0.5, 0.6) is 0 Å². The zero-order valence-corrected chi connectivity index (χ0v) is 17.6. The number of amides is 1. The molecule has 0 bridgehead atoms. The van der Waals surface area contributed by atoms with Gasteiger partial charge in [-0.05, 0) is 54.4 Å². The summed E-state index contributed by atoms with van der Waals surface area (Å²) in [5, 5.41) is 12.5. The Morgan fingerprint density at radius 3 is 2.50 bits per heavy atom. The van der Waals surface area contributed by atoms with Crippen LogP contribution >= 0.6 is 0 Å². The molecule has 2 aromatic carbocycles. The second-order valence-corrected chi connectivity index (χ2v) is 7.36. The van der Waals surface area contributed by atoms with E-state index in [1.807, 2.05) is 19.1 Å². The summed E-state index contributed by atoms with van der Waals surface area (Å²) in [6.45, 7) is 2.02. The molecule has 0 aliphatic heterocycles. The molecule has 0 aliphatic rings. The second-order valence-electron chi connectivity index (χ2n) is 7.36. The number of nitrogens with one attached hydrogen (secondary N) is 1. The van der Waals surface area contributed by atoms with Crippen molar-refractivity contribution in [2.24, 2.45) is 0 Å². The SMILES string of the molecule is CCCc1nc2oc(-c3ccc(F)cc3)c(C(=O)NC)c2cc1-c1cccc(C(=O)O)c1. The number of carbonyl (C=O) groups is 2. The quantitative estimate of drug-likeness (QED) is 0.431. The third-order valence-electron chi connectivity index (χ3n) is 5.23. The van der Waals surface area contributed by atoms with Gasteiger partial charge in [0.25, 0.3) is 5.91 Å². The van der Waals surface area contributed by atoms with Crippen LogP contribution in [0.4, 0.5) is 4.39 Å². The Morgan fingerprint density at radius 1 is 1.09 bits per heavy atom. The Balaban J connectivity index is 2.00. The third kappa shape index (κ3) is 3.85. The van der Waals surface area contributed by atoms with Gasteiger partial charge in [-0.15, -0.1) is 0 Å². The van der Waals surface area contributed by atoms with E-state index in [0.29, 0.717) is 40.0 Å². The van der Waals surface area contributed by atoms with E-state index in [0.717, 1.165) is 17.7 Å². The van der Waals surface area contributed by atoms with Crippen LogP contribution in [0.25, 0.3) is 33.6 Å². The highest BCUT2D eigenvalue weighted by molar-refractivity contribution is 6.11. The molecule has 0 saturated heterocycles. The predicted molar refractivity (Wildman–Crippen MR) is 119 cm³/mol. The fourth-order valence-electron chi connectivity index (χ4n) is 3.71. The van der Waals surface area contributed by atoms with Gasteiger partial charge >= 0.3 is 5.97 Å². The van der Waals surface area contributed by atoms with E-state index in [1.54, 1.807) is 24.3 Å². The summed E-state index contributed by atoms with van der Waals surface area (Å²) in [6, 6.07) is 14.1.